The van der Waals surface area contributed by atoms with Gasteiger partial charge >= 0.3 is 11.7 Å². The Labute approximate surface area is 122 Å². The maximum Gasteiger partial charge on any atom is 0.354 e. The van der Waals surface area contributed by atoms with Crippen molar-refractivity contribution in [2.75, 3.05) is 18.5 Å². The number of nitro groups is 1. The van der Waals surface area contributed by atoms with Gasteiger partial charge in [-0.25, -0.2) is 9.78 Å². The van der Waals surface area contributed by atoms with E-state index in [9.17, 15) is 14.9 Å². The molecule has 0 aliphatic carbocycles. The summed E-state index contributed by atoms with van der Waals surface area (Å²) in [5.74, 6) is -1.25. The van der Waals surface area contributed by atoms with Crippen LogP contribution < -0.4 is 5.32 Å². The van der Waals surface area contributed by atoms with Crippen LogP contribution in [0.15, 0.2) is 12.1 Å². The number of carboxylic acids is 1. The average Bonchev–Trinajstić information content (AvgIpc) is 2.41. The molecule has 1 heterocycles. The number of nitrogens with one attached hydrogen (secondary N) is 1. The molecular formula is C13H19N3O5. The van der Waals surface area contributed by atoms with Gasteiger partial charge in [0.2, 0.25) is 5.82 Å². The van der Waals surface area contributed by atoms with Crippen molar-refractivity contribution in [1.82, 2.24) is 4.98 Å². The van der Waals surface area contributed by atoms with Crippen LogP contribution in [0.1, 0.15) is 37.2 Å². The number of pyridine rings is 1. The molecule has 0 aliphatic heterocycles. The number of rotatable bonds is 9. The van der Waals surface area contributed by atoms with Crippen LogP contribution >= 0.6 is 0 Å². The topological polar surface area (TPSA) is 115 Å². The second-order valence-corrected chi connectivity index (χ2v) is 4.68. The van der Waals surface area contributed by atoms with E-state index in [0.29, 0.717) is 13.2 Å². The summed E-state index contributed by atoms with van der Waals surface area (Å²) in [6.07, 6.45) is 1.72. The second kappa shape index (κ2) is 8.15. The number of carbonyl (C=O) groups is 1. The Morgan fingerprint density at radius 1 is 1.48 bits per heavy atom. The minimum absolute atomic E-state index is 0.0234. The van der Waals surface area contributed by atoms with Crippen LogP contribution in [-0.2, 0) is 4.74 Å². The third-order valence-electron chi connectivity index (χ3n) is 2.60. The first-order valence-corrected chi connectivity index (χ1v) is 6.66. The Morgan fingerprint density at radius 2 is 2.19 bits per heavy atom. The number of carboxylic acid groups (broad SMARTS) is 1. The van der Waals surface area contributed by atoms with E-state index in [1.54, 1.807) is 0 Å². The molecular weight excluding hydrogens is 278 g/mol. The number of anilines is 1. The molecule has 0 bridgehead atoms. The summed E-state index contributed by atoms with van der Waals surface area (Å²) >= 11 is 0. The van der Waals surface area contributed by atoms with E-state index in [2.05, 4.69) is 10.3 Å². The van der Waals surface area contributed by atoms with Gasteiger partial charge in [0, 0.05) is 19.2 Å². The molecule has 1 aromatic heterocycles. The summed E-state index contributed by atoms with van der Waals surface area (Å²) in [6, 6.07) is 2.25. The summed E-state index contributed by atoms with van der Waals surface area (Å²) in [4.78, 5) is 24.9. The van der Waals surface area contributed by atoms with Gasteiger partial charge in [-0.15, -0.1) is 0 Å². The van der Waals surface area contributed by atoms with Crippen LogP contribution in [0.4, 0.5) is 11.5 Å². The Morgan fingerprint density at radius 3 is 2.76 bits per heavy atom. The molecule has 0 fully saturated rings. The molecule has 8 nitrogen and oxygen atoms in total. The van der Waals surface area contributed by atoms with Crippen molar-refractivity contribution < 1.29 is 19.6 Å². The molecule has 1 aromatic rings. The number of hydrogen-bond acceptors (Lipinski definition) is 6. The zero-order valence-electron chi connectivity index (χ0n) is 12.0. The molecule has 8 heteroatoms. The van der Waals surface area contributed by atoms with E-state index in [0.717, 1.165) is 25.0 Å². The van der Waals surface area contributed by atoms with Crippen molar-refractivity contribution >= 4 is 17.5 Å². The molecule has 0 unspecified atom stereocenters. The largest absolute Gasteiger partial charge is 0.477 e. The van der Waals surface area contributed by atoms with Crippen molar-refractivity contribution in [2.24, 2.45) is 0 Å². The lowest BCUT2D eigenvalue weighted by Gasteiger charge is -2.08. The van der Waals surface area contributed by atoms with Gasteiger partial charge in [0.25, 0.3) is 0 Å². The van der Waals surface area contributed by atoms with E-state index in [1.165, 1.54) is 0 Å². The highest BCUT2D eigenvalue weighted by Crippen LogP contribution is 2.22. The highest BCUT2D eigenvalue weighted by molar-refractivity contribution is 5.86. The molecule has 116 valence electrons. The Bertz CT molecular complexity index is 505. The first-order chi connectivity index (χ1) is 9.91. The molecule has 0 saturated heterocycles. The van der Waals surface area contributed by atoms with Crippen molar-refractivity contribution in [3.05, 3.63) is 27.9 Å². The van der Waals surface area contributed by atoms with E-state index in [1.807, 2.05) is 13.8 Å². The summed E-state index contributed by atoms with van der Waals surface area (Å²) in [7, 11) is 0. The fraction of sp³-hybridized carbons (Fsp3) is 0.538. The van der Waals surface area contributed by atoms with Crippen LogP contribution in [0.2, 0.25) is 0 Å². The Kier molecular flexibility index (Phi) is 6.54. The molecule has 0 amide bonds. The van der Waals surface area contributed by atoms with Gasteiger partial charge in [-0.3, -0.25) is 10.1 Å². The van der Waals surface area contributed by atoms with Gasteiger partial charge in [0.15, 0.2) is 5.69 Å². The first-order valence-electron chi connectivity index (χ1n) is 6.66. The zero-order chi connectivity index (χ0) is 15.8. The lowest BCUT2D eigenvalue weighted by atomic mass is 10.3. The Balaban J connectivity index is 2.57. The van der Waals surface area contributed by atoms with Gasteiger partial charge in [0.1, 0.15) is 0 Å². The zero-order valence-corrected chi connectivity index (χ0v) is 12.0. The molecule has 0 atom stereocenters. The third kappa shape index (κ3) is 5.74. The van der Waals surface area contributed by atoms with E-state index in [-0.39, 0.29) is 23.3 Å². The molecule has 0 aromatic carbocycles. The number of nitrogens with zero attached hydrogens (tertiary/aromatic N) is 2. The molecule has 0 spiro atoms. The van der Waals surface area contributed by atoms with Crippen molar-refractivity contribution in [2.45, 2.75) is 32.8 Å². The predicted octanol–water partition coefficient (Wildman–Crippen LogP) is 2.31. The normalized spacial score (nSPS) is 10.6. The first kappa shape index (κ1) is 16.8. The summed E-state index contributed by atoms with van der Waals surface area (Å²) in [6.45, 7) is 4.97. The van der Waals surface area contributed by atoms with Gasteiger partial charge in [-0.2, -0.15) is 0 Å². The monoisotopic (exact) mass is 297 g/mol. The maximum absolute atomic E-state index is 10.9. The molecule has 21 heavy (non-hydrogen) atoms. The van der Waals surface area contributed by atoms with Crippen LogP contribution in [0.25, 0.3) is 0 Å². The summed E-state index contributed by atoms with van der Waals surface area (Å²) in [5, 5.41) is 22.5. The smallest absolute Gasteiger partial charge is 0.354 e. The molecule has 1 rings (SSSR count). The minimum Gasteiger partial charge on any atom is -0.477 e. The maximum atomic E-state index is 10.9. The molecule has 2 N–H and O–H groups in total. The van der Waals surface area contributed by atoms with Gasteiger partial charge < -0.3 is 15.2 Å². The highest BCUT2D eigenvalue weighted by Gasteiger charge is 2.17. The van der Waals surface area contributed by atoms with Gasteiger partial charge in [0.05, 0.1) is 11.0 Å². The van der Waals surface area contributed by atoms with Gasteiger partial charge in [-0.05, 0) is 32.8 Å². The van der Waals surface area contributed by atoms with Crippen LogP contribution in [-0.4, -0.2) is 40.2 Å². The predicted molar refractivity (Wildman–Crippen MR) is 76.7 cm³/mol. The molecule has 0 saturated carbocycles. The van der Waals surface area contributed by atoms with Crippen LogP contribution in [0, 0.1) is 10.1 Å². The van der Waals surface area contributed by atoms with Gasteiger partial charge in [-0.1, -0.05) is 0 Å². The quantitative estimate of drug-likeness (QED) is 0.408. The van der Waals surface area contributed by atoms with Crippen molar-refractivity contribution in [3.8, 4) is 0 Å². The summed E-state index contributed by atoms with van der Waals surface area (Å²) < 4.78 is 5.38. The summed E-state index contributed by atoms with van der Waals surface area (Å²) in [5.41, 5.74) is -0.468. The fourth-order valence-electron chi connectivity index (χ4n) is 1.60. The number of hydrogen-bond donors (Lipinski definition) is 2. The Hall–Kier alpha value is -2.22. The third-order valence-corrected chi connectivity index (χ3v) is 2.60. The standard InChI is InChI=1S/C13H19N3O5/c1-9(2)21-8-4-3-7-14-12-11(16(19)20)6-5-10(15-12)13(17)18/h5-6,9H,3-4,7-8H2,1-2H3,(H,14,15)(H,17,18). The number of aromatic carboxylic acids is 1. The molecule has 0 aliphatic rings. The number of unbranched alkanes of at least 4 members (excludes halogenated alkanes) is 1. The van der Waals surface area contributed by atoms with Crippen molar-refractivity contribution in [1.29, 1.82) is 0 Å². The van der Waals surface area contributed by atoms with Crippen molar-refractivity contribution in [3.63, 3.8) is 0 Å². The second-order valence-electron chi connectivity index (χ2n) is 4.68. The molecule has 0 radical (unpaired) electrons. The van der Waals surface area contributed by atoms with Crippen LogP contribution in [0.3, 0.4) is 0 Å². The number of ether oxygens (including phenoxy) is 1. The SMILES string of the molecule is CC(C)OCCCCNc1nc(C(=O)O)ccc1[N+](=O)[O-]. The lowest BCUT2D eigenvalue weighted by molar-refractivity contribution is -0.384. The van der Waals surface area contributed by atoms with E-state index < -0.39 is 10.9 Å². The fourth-order valence-corrected chi connectivity index (χ4v) is 1.60. The average molecular weight is 297 g/mol. The van der Waals surface area contributed by atoms with E-state index in [4.69, 9.17) is 9.84 Å². The number of aromatic nitrogens is 1. The van der Waals surface area contributed by atoms with Crippen LogP contribution in [0.5, 0.6) is 0 Å². The highest BCUT2D eigenvalue weighted by atomic mass is 16.6. The minimum atomic E-state index is -1.22. The van der Waals surface area contributed by atoms with E-state index >= 15 is 0 Å². The lowest BCUT2D eigenvalue weighted by Crippen LogP contribution is -2.11.